The molecule has 1 aromatic rings. The van der Waals surface area contributed by atoms with Crippen LogP contribution >= 0.6 is 15.9 Å². The van der Waals surface area contributed by atoms with Crippen molar-refractivity contribution in [2.24, 2.45) is 0 Å². The fourth-order valence-corrected chi connectivity index (χ4v) is 1.62. The van der Waals surface area contributed by atoms with Gasteiger partial charge in [0.15, 0.2) is 0 Å². The number of rotatable bonds is 3. The van der Waals surface area contributed by atoms with Crippen molar-refractivity contribution in [3.8, 4) is 0 Å². The van der Waals surface area contributed by atoms with Gasteiger partial charge in [0.1, 0.15) is 5.69 Å². The van der Waals surface area contributed by atoms with Crippen molar-refractivity contribution in [3.63, 3.8) is 0 Å². The van der Waals surface area contributed by atoms with Crippen LogP contribution in [0.3, 0.4) is 0 Å². The molecule has 1 amide bonds. The molecule has 1 aromatic heterocycles. The Balaban J connectivity index is 2.99. The third-order valence-corrected chi connectivity index (χ3v) is 2.42. The molecule has 0 atom stereocenters. The third kappa shape index (κ3) is 2.16. The molecule has 14 heavy (non-hydrogen) atoms. The molecule has 0 aliphatic carbocycles. The molecule has 0 saturated heterocycles. The summed E-state index contributed by atoms with van der Waals surface area (Å²) in [5, 5.41) is 1.20. The predicted molar refractivity (Wildman–Crippen MR) is 56.9 cm³/mol. The van der Waals surface area contributed by atoms with Gasteiger partial charge < -0.3 is 4.57 Å². The van der Waals surface area contributed by atoms with E-state index in [0.717, 1.165) is 11.0 Å². The Morgan fingerprint density at radius 3 is 2.86 bits per heavy atom. The highest BCUT2D eigenvalue weighted by Crippen LogP contribution is 2.16. The number of hydrogen-bond donors (Lipinski definition) is 0. The molecule has 0 aromatic carbocycles. The van der Waals surface area contributed by atoms with Crippen molar-refractivity contribution in [2.75, 3.05) is 14.2 Å². The summed E-state index contributed by atoms with van der Waals surface area (Å²) in [6.07, 6.45) is 1.87. The molecule has 78 valence electrons. The van der Waals surface area contributed by atoms with Gasteiger partial charge >= 0.3 is 0 Å². The number of hydroxylamine groups is 2. The third-order valence-electron chi connectivity index (χ3n) is 1.98. The fraction of sp³-hybridized carbons (Fsp3) is 0.444. The van der Waals surface area contributed by atoms with Crippen molar-refractivity contribution in [2.45, 2.75) is 13.5 Å². The average Bonchev–Trinajstić information content (AvgIpc) is 2.57. The van der Waals surface area contributed by atoms with Crippen LogP contribution in [0.25, 0.3) is 0 Å². The minimum absolute atomic E-state index is 0.153. The first kappa shape index (κ1) is 11.3. The van der Waals surface area contributed by atoms with Crippen LogP contribution in [0.15, 0.2) is 16.7 Å². The van der Waals surface area contributed by atoms with Gasteiger partial charge in [-0.25, -0.2) is 5.06 Å². The topological polar surface area (TPSA) is 34.5 Å². The van der Waals surface area contributed by atoms with E-state index in [4.69, 9.17) is 4.84 Å². The number of nitrogens with zero attached hydrogens (tertiary/aromatic N) is 2. The highest BCUT2D eigenvalue weighted by molar-refractivity contribution is 9.10. The summed E-state index contributed by atoms with van der Waals surface area (Å²) in [7, 11) is 3.05. The predicted octanol–water partition coefficient (Wildman–Crippen LogP) is 1.90. The first-order valence-electron chi connectivity index (χ1n) is 4.28. The lowest BCUT2D eigenvalue weighted by atomic mass is 10.4. The quantitative estimate of drug-likeness (QED) is 0.779. The molecule has 0 fully saturated rings. The van der Waals surface area contributed by atoms with Gasteiger partial charge in [0.2, 0.25) is 0 Å². The molecule has 4 nitrogen and oxygen atoms in total. The van der Waals surface area contributed by atoms with E-state index >= 15 is 0 Å². The van der Waals surface area contributed by atoms with Gasteiger partial charge in [-0.05, 0) is 28.9 Å². The van der Waals surface area contributed by atoms with E-state index in [2.05, 4.69) is 15.9 Å². The van der Waals surface area contributed by atoms with E-state index < -0.39 is 0 Å². The maximum absolute atomic E-state index is 11.7. The molecule has 0 bridgehead atoms. The van der Waals surface area contributed by atoms with Crippen molar-refractivity contribution in [3.05, 3.63) is 22.4 Å². The van der Waals surface area contributed by atoms with Gasteiger partial charge in [0.05, 0.1) is 7.11 Å². The number of hydrogen-bond acceptors (Lipinski definition) is 2. The van der Waals surface area contributed by atoms with Crippen molar-refractivity contribution < 1.29 is 9.63 Å². The second-order valence-electron chi connectivity index (χ2n) is 2.81. The molecule has 0 saturated carbocycles. The Kier molecular flexibility index (Phi) is 3.71. The Labute approximate surface area is 91.5 Å². The number of halogens is 1. The Bertz CT molecular complexity index is 336. The summed E-state index contributed by atoms with van der Waals surface area (Å²) in [5.74, 6) is -0.153. The van der Waals surface area contributed by atoms with Crippen LogP contribution in [0.1, 0.15) is 17.4 Å². The zero-order valence-corrected chi connectivity index (χ0v) is 10.0. The van der Waals surface area contributed by atoms with Crippen LogP contribution < -0.4 is 0 Å². The van der Waals surface area contributed by atoms with Gasteiger partial charge in [0, 0.05) is 24.3 Å². The standard InChI is InChI=1S/C9H13BrN2O2/c1-4-12-6-7(10)5-8(12)9(13)11(2)14-3/h5-6H,4H2,1-3H3. The zero-order valence-electron chi connectivity index (χ0n) is 8.45. The number of carbonyl (C=O) groups excluding carboxylic acids is 1. The zero-order chi connectivity index (χ0) is 10.7. The van der Waals surface area contributed by atoms with Gasteiger partial charge in [-0.15, -0.1) is 0 Å². The van der Waals surface area contributed by atoms with Gasteiger partial charge in [-0.1, -0.05) is 0 Å². The normalized spacial score (nSPS) is 10.3. The number of carbonyl (C=O) groups is 1. The lowest BCUT2D eigenvalue weighted by molar-refractivity contribution is -0.0763. The van der Waals surface area contributed by atoms with E-state index in [1.165, 1.54) is 12.2 Å². The number of aryl methyl sites for hydroxylation is 1. The van der Waals surface area contributed by atoms with E-state index in [9.17, 15) is 4.79 Å². The Morgan fingerprint density at radius 2 is 2.36 bits per heavy atom. The molecular formula is C9H13BrN2O2. The summed E-state index contributed by atoms with van der Waals surface area (Å²) in [5.41, 5.74) is 0.615. The average molecular weight is 261 g/mol. The molecule has 0 aliphatic rings. The minimum Gasteiger partial charge on any atom is -0.343 e. The number of amides is 1. The van der Waals surface area contributed by atoms with Crippen LogP contribution in [-0.2, 0) is 11.4 Å². The van der Waals surface area contributed by atoms with Crippen LogP contribution in [0.5, 0.6) is 0 Å². The van der Waals surface area contributed by atoms with Crippen LogP contribution in [0.4, 0.5) is 0 Å². The monoisotopic (exact) mass is 260 g/mol. The minimum atomic E-state index is -0.153. The lowest BCUT2D eigenvalue weighted by Gasteiger charge is -2.14. The second-order valence-corrected chi connectivity index (χ2v) is 3.73. The van der Waals surface area contributed by atoms with Crippen LogP contribution in [0.2, 0.25) is 0 Å². The maximum atomic E-state index is 11.7. The lowest BCUT2D eigenvalue weighted by Crippen LogP contribution is -2.27. The van der Waals surface area contributed by atoms with Gasteiger partial charge in [-0.2, -0.15) is 0 Å². The molecule has 0 aliphatic heterocycles. The fourth-order valence-electron chi connectivity index (χ4n) is 1.16. The maximum Gasteiger partial charge on any atom is 0.293 e. The van der Waals surface area contributed by atoms with Gasteiger partial charge in [-0.3, -0.25) is 9.63 Å². The molecule has 0 unspecified atom stereocenters. The van der Waals surface area contributed by atoms with Crippen molar-refractivity contribution in [1.29, 1.82) is 0 Å². The smallest absolute Gasteiger partial charge is 0.293 e. The summed E-state index contributed by atoms with van der Waals surface area (Å²) < 4.78 is 2.76. The molecule has 1 heterocycles. The van der Waals surface area contributed by atoms with Crippen molar-refractivity contribution >= 4 is 21.8 Å². The van der Waals surface area contributed by atoms with Crippen LogP contribution in [0, 0.1) is 0 Å². The first-order valence-corrected chi connectivity index (χ1v) is 5.07. The molecule has 5 heteroatoms. The second kappa shape index (κ2) is 4.61. The summed E-state index contributed by atoms with van der Waals surface area (Å²) >= 11 is 3.33. The van der Waals surface area contributed by atoms with E-state index in [1.807, 2.05) is 17.7 Å². The molecule has 0 radical (unpaired) electrons. The van der Waals surface area contributed by atoms with E-state index in [-0.39, 0.29) is 5.91 Å². The SMILES string of the molecule is CCn1cc(Br)cc1C(=O)N(C)OC. The molecular weight excluding hydrogens is 248 g/mol. The summed E-state index contributed by atoms with van der Waals surface area (Å²) in [4.78, 5) is 16.6. The Hall–Kier alpha value is -0.810. The number of aromatic nitrogens is 1. The first-order chi connectivity index (χ1) is 6.60. The van der Waals surface area contributed by atoms with E-state index in [1.54, 1.807) is 13.1 Å². The summed E-state index contributed by atoms with van der Waals surface area (Å²) in [6.45, 7) is 2.74. The molecule has 1 rings (SSSR count). The van der Waals surface area contributed by atoms with E-state index in [0.29, 0.717) is 5.69 Å². The highest BCUT2D eigenvalue weighted by Gasteiger charge is 2.16. The highest BCUT2D eigenvalue weighted by atomic mass is 79.9. The summed E-state index contributed by atoms with van der Waals surface area (Å²) in [6, 6.07) is 1.78. The van der Waals surface area contributed by atoms with Crippen molar-refractivity contribution in [1.82, 2.24) is 9.63 Å². The van der Waals surface area contributed by atoms with Gasteiger partial charge in [0.25, 0.3) is 5.91 Å². The molecule has 0 N–H and O–H groups in total. The van der Waals surface area contributed by atoms with Crippen LogP contribution in [-0.4, -0.2) is 29.7 Å². The molecule has 0 spiro atoms. The largest absolute Gasteiger partial charge is 0.343 e. The Morgan fingerprint density at radius 1 is 1.71 bits per heavy atom.